The number of allylic oxidation sites excluding steroid dienone is 2. The van der Waals surface area contributed by atoms with E-state index in [1.165, 1.54) is 33.7 Å². The first-order valence-corrected chi connectivity index (χ1v) is 8.20. The minimum atomic E-state index is 0.462. The van der Waals surface area contributed by atoms with Gasteiger partial charge in [0.2, 0.25) is 0 Å². The maximum Gasteiger partial charge on any atom is 0.0646 e. The number of fused-ring (bicyclic) bond motifs is 3. The largest absolute Gasteiger partial charge is 0.377 e. The first kappa shape index (κ1) is 12.2. The van der Waals surface area contributed by atoms with E-state index < -0.39 is 0 Å². The van der Waals surface area contributed by atoms with Crippen LogP contribution in [0.2, 0.25) is 0 Å². The highest BCUT2D eigenvalue weighted by Crippen LogP contribution is 2.51. The van der Waals surface area contributed by atoms with Crippen molar-refractivity contribution in [1.82, 2.24) is 0 Å². The Morgan fingerprint density at radius 3 is 2.95 bits per heavy atom. The SMILES string of the molecule is Cc1cc(C)c2c(c1)C1C=CCC1C(c1cccs1)N2. The first-order valence-electron chi connectivity index (χ1n) is 7.32. The number of aryl methyl sites for hydroxylation is 2. The molecule has 2 heterocycles. The van der Waals surface area contributed by atoms with Gasteiger partial charge in [-0.2, -0.15) is 0 Å². The van der Waals surface area contributed by atoms with Crippen LogP contribution >= 0.6 is 11.3 Å². The van der Waals surface area contributed by atoms with E-state index in [0.29, 0.717) is 17.9 Å². The molecule has 0 saturated heterocycles. The van der Waals surface area contributed by atoms with Gasteiger partial charge in [0.25, 0.3) is 0 Å². The van der Waals surface area contributed by atoms with Crippen molar-refractivity contribution in [1.29, 1.82) is 0 Å². The zero-order valence-corrected chi connectivity index (χ0v) is 12.7. The fourth-order valence-corrected chi connectivity index (χ4v) is 4.67. The lowest BCUT2D eigenvalue weighted by Crippen LogP contribution is -2.29. The van der Waals surface area contributed by atoms with Crippen molar-refractivity contribution in [3.8, 4) is 0 Å². The lowest BCUT2D eigenvalue weighted by Gasteiger charge is -2.37. The molecule has 4 rings (SSSR count). The summed E-state index contributed by atoms with van der Waals surface area (Å²) in [6, 6.07) is 9.55. The van der Waals surface area contributed by atoms with Gasteiger partial charge in [-0.25, -0.2) is 0 Å². The van der Waals surface area contributed by atoms with Crippen LogP contribution in [0.3, 0.4) is 0 Å². The molecule has 0 amide bonds. The van der Waals surface area contributed by atoms with E-state index in [0.717, 1.165) is 0 Å². The van der Waals surface area contributed by atoms with Gasteiger partial charge in [-0.05, 0) is 48.8 Å². The average molecular weight is 281 g/mol. The molecule has 2 aromatic rings. The minimum Gasteiger partial charge on any atom is -0.377 e. The van der Waals surface area contributed by atoms with Crippen LogP contribution in [0.1, 0.15) is 39.9 Å². The van der Waals surface area contributed by atoms with Gasteiger partial charge in [0.15, 0.2) is 0 Å². The molecule has 1 nitrogen and oxygen atoms in total. The molecule has 1 N–H and O–H groups in total. The Bertz CT molecular complexity index is 669. The van der Waals surface area contributed by atoms with Crippen molar-refractivity contribution in [3.63, 3.8) is 0 Å². The summed E-state index contributed by atoms with van der Waals surface area (Å²) in [7, 11) is 0. The number of hydrogen-bond acceptors (Lipinski definition) is 2. The van der Waals surface area contributed by atoms with Gasteiger partial charge >= 0.3 is 0 Å². The van der Waals surface area contributed by atoms with Crippen molar-refractivity contribution in [3.05, 3.63) is 63.4 Å². The van der Waals surface area contributed by atoms with E-state index in [4.69, 9.17) is 0 Å². The molecule has 3 atom stereocenters. The average Bonchev–Trinajstić information content (AvgIpc) is 3.09. The van der Waals surface area contributed by atoms with E-state index in [1.807, 2.05) is 11.3 Å². The Balaban J connectivity index is 1.86. The molecule has 0 bridgehead atoms. The minimum absolute atomic E-state index is 0.462. The highest BCUT2D eigenvalue weighted by Gasteiger charge is 2.38. The molecule has 0 saturated carbocycles. The number of anilines is 1. The summed E-state index contributed by atoms with van der Waals surface area (Å²) in [4.78, 5) is 1.47. The molecule has 20 heavy (non-hydrogen) atoms. The predicted octanol–water partition coefficient (Wildman–Crippen LogP) is 5.19. The van der Waals surface area contributed by atoms with Crippen LogP contribution < -0.4 is 5.32 Å². The third-order valence-corrected chi connectivity index (χ3v) is 5.62. The number of rotatable bonds is 1. The quantitative estimate of drug-likeness (QED) is 0.709. The van der Waals surface area contributed by atoms with Gasteiger partial charge in [-0.3, -0.25) is 0 Å². The van der Waals surface area contributed by atoms with Gasteiger partial charge in [0.05, 0.1) is 6.04 Å². The standard InChI is InChI=1S/C18H19NS/c1-11-9-12(2)17-15(10-11)13-5-3-6-14(13)18(19-17)16-7-4-8-20-16/h3-5,7-10,13-14,18-19H,6H2,1-2H3. The fraction of sp³-hybridized carbons (Fsp3) is 0.333. The van der Waals surface area contributed by atoms with Crippen molar-refractivity contribution < 1.29 is 0 Å². The monoisotopic (exact) mass is 281 g/mol. The van der Waals surface area contributed by atoms with Gasteiger partial charge in [-0.1, -0.05) is 35.9 Å². The second-order valence-electron chi connectivity index (χ2n) is 6.04. The Hall–Kier alpha value is -1.54. The summed E-state index contributed by atoms with van der Waals surface area (Å²) in [6.07, 6.45) is 5.97. The highest BCUT2D eigenvalue weighted by molar-refractivity contribution is 7.10. The topological polar surface area (TPSA) is 12.0 Å². The van der Waals surface area contributed by atoms with Crippen molar-refractivity contribution in [2.75, 3.05) is 5.32 Å². The lowest BCUT2D eigenvalue weighted by atomic mass is 9.77. The zero-order chi connectivity index (χ0) is 13.7. The van der Waals surface area contributed by atoms with Crippen LogP contribution in [0, 0.1) is 19.8 Å². The number of benzene rings is 1. The van der Waals surface area contributed by atoms with Crippen LogP contribution in [0.5, 0.6) is 0 Å². The van der Waals surface area contributed by atoms with Crippen LogP contribution in [-0.4, -0.2) is 0 Å². The van der Waals surface area contributed by atoms with Gasteiger partial charge in [0.1, 0.15) is 0 Å². The molecule has 2 heteroatoms. The van der Waals surface area contributed by atoms with Crippen molar-refractivity contribution in [2.24, 2.45) is 5.92 Å². The molecule has 102 valence electrons. The summed E-state index contributed by atoms with van der Waals surface area (Å²) in [5, 5.41) is 6.02. The van der Waals surface area contributed by atoms with Crippen LogP contribution in [-0.2, 0) is 0 Å². The molecular formula is C18H19NS. The number of hydrogen-bond donors (Lipinski definition) is 1. The Labute approximate surface area is 124 Å². The molecule has 1 aromatic heterocycles. The molecule has 0 fully saturated rings. The Kier molecular flexibility index (Phi) is 2.74. The summed E-state index contributed by atoms with van der Waals surface area (Å²) < 4.78 is 0. The molecule has 2 aliphatic rings. The second kappa shape index (κ2) is 4.49. The molecule has 1 aliphatic heterocycles. The van der Waals surface area contributed by atoms with Crippen LogP contribution in [0.4, 0.5) is 5.69 Å². The van der Waals surface area contributed by atoms with E-state index in [2.05, 4.69) is 61.0 Å². The van der Waals surface area contributed by atoms with Crippen LogP contribution in [0.15, 0.2) is 41.8 Å². The first-order chi connectivity index (χ1) is 9.74. The van der Waals surface area contributed by atoms with E-state index in [-0.39, 0.29) is 0 Å². The molecule has 1 aliphatic carbocycles. The zero-order valence-electron chi connectivity index (χ0n) is 11.9. The van der Waals surface area contributed by atoms with E-state index in [1.54, 1.807) is 0 Å². The summed E-state index contributed by atoms with van der Waals surface area (Å²) in [5.41, 5.74) is 5.60. The van der Waals surface area contributed by atoms with E-state index >= 15 is 0 Å². The molecule has 1 aromatic carbocycles. The highest BCUT2D eigenvalue weighted by atomic mass is 32.1. The molecule has 0 spiro atoms. The van der Waals surface area contributed by atoms with Crippen molar-refractivity contribution in [2.45, 2.75) is 32.2 Å². The van der Waals surface area contributed by atoms with Gasteiger partial charge in [0, 0.05) is 16.5 Å². The lowest BCUT2D eigenvalue weighted by molar-refractivity contribution is 0.429. The Morgan fingerprint density at radius 2 is 2.15 bits per heavy atom. The fourth-order valence-electron chi connectivity index (χ4n) is 3.82. The third-order valence-electron chi connectivity index (χ3n) is 4.66. The van der Waals surface area contributed by atoms with E-state index in [9.17, 15) is 0 Å². The smallest absolute Gasteiger partial charge is 0.0646 e. The molecule has 0 radical (unpaired) electrons. The Morgan fingerprint density at radius 1 is 1.25 bits per heavy atom. The second-order valence-corrected chi connectivity index (χ2v) is 7.02. The maximum absolute atomic E-state index is 3.84. The normalized spacial score (nSPS) is 27.0. The summed E-state index contributed by atoms with van der Waals surface area (Å²) in [6.45, 7) is 4.43. The molecular weight excluding hydrogens is 262 g/mol. The summed E-state index contributed by atoms with van der Waals surface area (Å²) in [5.74, 6) is 1.25. The molecule has 3 unspecified atom stereocenters. The van der Waals surface area contributed by atoms with Gasteiger partial charge in [-0.15, -0.1) is 11.3 Å². The summed E-state index contributed by atoms with van der Waals surface area (Å²) >= 11 is 1.87. The van der Waals surface area contributed by atoms with Crippen LogP contribution in [0.25, 0.3) is 0 Å². The van der Waals surface area contributed by atoms with Gasteiger partial charge < -0.3 is 5.32 Å². The predicted molar refractivity (Wildman–Crippen MR) is 86.6 cm³/mol. The number of nitrogens with one attached hydrogen (secondary N) is 1. The maximum atomic E-state index is 3.84. The third kappa shape index (κ3) is 1.75. The van der Waals surface area contributed by atoms with Crippen molar-refractivity contribution >= 4 is 17.0 Å². The number of thiophene rings is 1.